The quantitative estimate of drug-likeness (QED) is 0.816. The third kappa shape index (κ3) is 4.19. The third-order valence-corrected chi connectivity index (χ3v) is 5.27. The molecule has 2 saturated heterocycles. The molecule has 0 spiro atoms. The van der Waals surface area contributed by atoms with Crippen LogP contribution in [0, 0.1) is 0 Å². The van der Waals surface area contributed by atoms with E-state index in [1.54, 1.807) is 41.3 Å². The lowest BCUT2D eigenvalue weighted by molar-refractivity contribution is -0.117. The summed E-state index contributed by atoms with van der Waals surface area (Å²) in [5.74, 6) is -0.134. The van der Waals surface area contributed by atoms with Crippen LogP contribution in [0.5, 0.6) is 0 Å². The van der Waals surface area contributed by atoms with Gasteiger partial charge in [0.1, 0.15) is 6.10 Å². The first kappa shape index (κ1) is 19.3. The van der Waals surface area contributed by atoms with Crippen molar-refractivity contribution in [2.45, 2.75) is 18.9 Å². The summed E-state index contributed by atoms with van der Waals surface area (Å²) in [5, 5.41) is 3.33. The van der Waals surface area contributed by atoms with Crippen LogP contribution in [-0.4, -0.2) is 43.6 Å². The van der Waals surface area contributed by atoms with Crippen LogP contribution in [0.25, 0.3) is 0 Å². The molecule has 0 saturated carbocycles. The van der Waals surface area contributed by atoms with Crippen LogP contribution >= 0.6 is 11.6 Å². The van der Waals surface area contributed by atoms with Crippen molar-refractivity contribution in [1.82, 2.24) is 5.32 Å². The van der Waals surface area contributed by atoms with E-state index in [-0.39, 0.29) is 18.4 Å². The number of ether oxygens (including phenoxy) is 1. The second-order valence-electron chi connectivity index (χ2n) is 7.00. The maximum atomic E-state index is 12.2. The Morgan fingerprint density at radius 1 is 1.03 bits per heavy atom. The number of anilines is 2. The van der Waals surface area contributed by atoms with Crippen molar-refractivity contribution in [3.8, 4) is 0 Å². The van der Waals surface area contributed by atoms with Gasteiger partial charge >= 0.3 is 6.09 Å². The Balaban J connectivity index is 1.34. The van der Waals surface area contributed by atoms with Gasteiger partial charge in [-0.2, -0.15) is 0 Å². The lowest BCUT2D eigenvalue weighted by Crippen LogP contribution is -2.34. The van der Waals surface area contributed by atoms with Gasteiger partial charge in [0.2, 0.25) is 5.91 Å². The molecule has 2 aliphatic heterocycles. The Bertz CT molecular complexity index is 930. The molecule has 0 aromatic heterocycles. The maximum absolute atomic E-state index is 12.2. The van der Waals surface area contributed by atoms with Crippen molar-refractivity contribution >= 4 is 40.9 Å². The lowest BCUT2D eigenvalue weighted by Gasteiger charge is -2.18. The van der Waals surface area contributed by atoms with Gasteiger partial charge < -0.3 is 15.0 Å². The molecule has 1 atom stereocenters. The third-order valence-electron chi connectivity index (χ3n) is 5.02. The average molecular weight is 414 g/mol. The Hall–Kier alpha value is -3.06. The summed E-state index contributed by atoms with van der Waals surface area (Å²) >= 11 is 5.83. The largest absolute Gasteiger partial charge is 0.442 e. The molecule has 1 unspecified atom stereocenters. The highest BCUT2D eigenvalue weighted by Gasteiger charge is 2.32. The minimum atomic E-state index is -0.458. The Morgan fingerprint density at radius 2 is 1.69 bits per heavy atom. The number of carbonyl (C=O) groups excluding carboxylic acids is 3. The standard InChI is InChI=1S/C21H20ClN3O4/c22-15-5-3-14(4-6-15)20(27)23-12-18-13-25(21(28)29-18)17-9-7-16(8-10-17)24-11-1-2-19(24)26/h3-10,18H,1-2,11-13H2,(H,23,27). The highest BCUT2D eigenvalue weighted by atomic mass is 35.5. The SMILES string of the molecule is O=C(NCC1CN(c2ccc(N3CCCC3=O)cc2)C(=O)O1)c1ccc(Cl)cc1. The van der Waals surface area contributed by atoms with Crippen LogP contribution in [-0.2, 0) is 9.53 Å². The van der Waals surface area contributed by atoms with E-state index >= 15 is 0 Å². The van der Waals surface area contributed by atoms with E-state index in [4.69, 9.17) is 16.3 Å². The van der Waals surface area contributed by atoms with Crippen molar-refractivity contribution < 1.29 is 19.1 Å². The predicted molar refractivity (Wildman–Crippen MR) is 109 cm³/mol. The molecular formula is C21H20ClN3O4. The number of benzene rings is 2. The Labute approximate surface area is 173 Å². The topological polar surface area (TPSA) is 79.0 Å². The fraction of sp³-hybridized carbons (Fsp3) is 0.286. The van der Waals surface area contributed by atoms with E-state index in [0.29, 0.717) is 29.2 Å². The number of hydrogen-bond acceptors (Lipinski definition) is 4. The number of nitrogens with zero attached hydrogens (tertiary/aromatic N) is 2. The second-order valence-corrected chi connectivity index (χ2v) is 7.44. The molecule has 3 amide bonds. The van der Waals surface area contributed by atoms with Crippen LogP contribution < -0.4 is 15.1 Å². The van der Waals surface area contributed by atoms with E-state index in [0.717, 1.165) is 18.7 Å². The van der Waals surface area contributed by atoms with Gasteiger partial charge in [0.05, 0.1) is 13.1 Å². The predicted octanol–water partition coefficient (Wildman–Crippen LogP) is 3.22. The van der Waals surface area contributed by atoms with Gasteiger partial charge in [-0.25, -0.2) is 4.79 Å². The van der Waals surface area contributed by atoms with Crippen LogP contribution in [0.3, 0.4) is 0 Å². The van der Waals surface area contributed by atoms with E-state index < -0.39 is 12.2 Å². The molecule has 0 aliphatic carbocycles. The first-order valence-electron chi connectivity index (χ1n) is 9.43. The van der Waals surface area contributed by atoms with E-state index in [1.165, 1.54) is 4.90 Å². The van der Waals surface area contributed by atoms with Crippen LogP contribution in [0.2, 0.25) is 5.02 Å². The molecule has 2 aliphatic rings. The first-order valence-corrected chi connectivity index (χ1v) is 9.81. The lowest BCUT2D eigenvalue weighted by atomic mass is 10.2. The molecule has 29 heavy (non-hydrogen) atoms. The highest BCUT2D eigenvalue weighted by molar-refractivity contribution is 6.30. The molecule has 2 aromatic carbocycles. The summed E-state index contributed by atoms with van der Waals surface area (Å²) in [6.07, 6.45) is 0.533. The number of hydrogen-bond donors (Lipinski definition) is 1. The van der Waals surface area contributed by atoms with Crippen molar-refractivity contribution in [2.24, 2.45) is 0 Å². The normalized spacial score (nSPS) is 18.9. The van der Waals surface area contributed by atoms with Gasteiger partial charge in [0, 0.05) is 34.9 Å². The van der Waals surface area contributed by atoms with Crippen LogP contribution in [0.15, 0.2) is 48.5 Å². The molecule has 8 heteroatoms. The minimum absolute atomic E-state index is 0.120. The van der Waals surface area contributed by atoms with E-state index in [9.17, 15) is 14.4 Å². The molecule has 0 radical (unpaired) electrons. The molecule has 150 valence electrons. The number of nitrogens with one attached hydrogen (secondary N) is 1. The van der Waals surface area contributed by atoms with Gasteiger partial charge in [-0.1, -0.05) is 11.6 Å². The average Bonchev–Trinajstić information content (AvgIpc) is 3.32. The van der Waals surface area contributed by atoms with Crippen LogP contribution in [0.1, 0.15) is 23.2 Å². The van der Waals surface area contributed by atoms with Gasteiger partial charge in [0.15, 0.2) is 0 Å². The fourth-order valence-corrected chi connectivity index (χ4v) is 3.61. The zero-order valence-electron chi connectivity index (χ0n) is 15.6. The van der Waals surface area contributed by atoms with E-state index in [1.807, 2.05) is 12.1 Å². The zero-order valence-corrected chi connectivity index (χ0v) is 16.4. The first-order chi connectivity index (χ1) is 14.0. The Morgan fingerprint density at radius 3 is 2.31 bits per heavy atom. The molecule has 0 bridgehead atoms. The van der Waals surface area contributed by atoms with Crippen molar-refractivity contribution in [3.05, 3.63) is 59.1 Å². The van der Waals surface area contributed by atoms with Crippen molar-refractivity contribution in [1.29, 1.82) is 0 Å². The molecule has 2 heterocycles. The molecule has 2 aromatic rings. The number of halogens is 1. The number of carbonyl (C=O) groups is 3. The zero-order chi connectivity index (χ0) is 20.4. The number of rotatable bonds is 5. The number of cyclic esters (lactones) is 1. The minimum Gasteiger partial charge on any atom is -0.442 e. The molecular weight excluding hydrogens is 394 g/mol. The molecule has 2 fully saturated rings. The summed E-state index contributed by atoms with van der Waals surface area (Å²) in [7, 11) is 0. The maximum Gasteiger partial charge on any atom is 0.414 e. The smallest absolute Gasteiger partial charge is 0.414 e. The van der Waals surface area contributed by atoms with Gasteiger partial charge in [0.25, 0.3) is 5.91 Å². The van der Waals surface area contributed by atoms with Crippen LogP contribution in [0.4, 0.5) is 16.2 Å². The molecule has 1 N–H and O–H groups in total. The highest BCUT2D eigenvalue weighted by Crippen LogP contribution is 2.27. The summed E-state index contributed by atoms with van der Waals surface area (Å²) in [5.41, 5.74) is 2.01. The monoisotopic (exact) mass is 413 g/mol. The van der Waals surface area contributed by atoms with Crippen molar-refractivity contribution in [3.63, 3.8) is 0 Å². The summed E-state index contributed by atoms with van der Waals surface area (Å²) in [4.78, 5) is 39.6. The summed E-state index contributed by atoms with van der Waals surface area (Å²) in [6, 6.07) is 13.8. The van der Waals surface area contributed by atoms with Gasteiger partial charge in [-0.15, -0.1) is 0 Å². The summed E-state index contributed by atoms with van der Waals surface area (Å²) in [6.45, 7) is 1.27. The Kier molecular flexibility index (Phi) is 5.40. The molecule has 4 rings (SSSR count). The second kappa shape index (κ2) is 8.13. The molecule has 7 nitrogen and oxygen atoms in total. The number of amides is 3. The van der Waals surface area contributed by atoms with Gasteiger partial charge in [-0.05, 0) is 55.0 Å². The van der Waals surface area contributed by atoms with Crippen molar-refractivity contribution in [2.75, 3.05) is 29.4 Å². The van der Waals surface area contributed by atoms with E-state index in [2.05, 4.69) is 5.32 Å². The summed E-state index contributed by atoms with van der Waals surface area (Å²) < 4.78 is 5.37. The fourth-order valence-electron chi connectivity index (χ4n) is 3.48. The van der Waals surface area contributed by atoms with Gasteiger partial charge in [-0.3, -0.25) is 14.5 Å².